The Hall–Kier alpha value is -4.41. The van der Waals surface area contributed by atoms with Gasteiger partial charge in [-0.25, -0.2) is 14.2 Å². The third-order valence-electron chi connectivity index (χ3n) is 5.72. The number of rotatable bonds is 8. The SMILES string of the molecule is COc1cc(Nc2ncc(F)c(Nc3ccc4oc(=O)[nH]c4c3)n2)ccc1N(C=O)C1CCC1. The van der Waals surface area contributed by atoms with Gasteiger partial charge in [0, 0.05) is 23.5 Å². The van der Waals surface area contributed by atoms with Gasteiger partial charge < -0.3 is 24.7 Å². The van der Waals surface area contributed by atoms with Gasteiger partial charge in [-0.1, -0.05) is 0 Å². The van der Waals surface area contributed by atoms with Crippen LogP contribution in [0, 0.1) is 5.82 Å². The Labute approximate surface area is 192 Å². The molecule has 0 radical (unpaired) electrons. The maximum Gasteiger partial charge on any atom is 0.417 e. The predicted molar refractivity (Wildman–Crippen MR) is 125 cm³/mol. The number of halogens is 1. The monoisotopic (exact) mass is 464 g/mol. The summed E-state index contributed by atoms with van der Waals surface area (Å²) in [4.78, 5) is 35.4. The Kier molecular flexibility index (Phi) is 5.58. The molecule has 5 rings (SSSR count). The van der Waals surface area contributed by atoms with Gasteiger partial charge in [0.25, 0.3) is 0 Å². The smallest absolute Gasteiger partial charge is 0.417 e. The summed E-state index contributed by atoms with van der Waals surface area (Å²) in [6, 6.07) is 10.3. The molecule has 11 heteroatoms. The van der Waals surface area contributed by atoms with Gasteiger partial charge in [0.2, 0.25) is 12.4 Å². The highest BCUT2D eigenvalue weighted by atomic mass is 19.1. The molecule has 2 aromatic heterocycles. The van der Waals surface area contributed by atoms with Crippen molar-refractivity contribution in [2.45, 2.75) is 25.3 Å². The molecule has 0 saturated heterocycles. The molecule has 2 heterocycles. The van der Waals surface area contributed by atoms with E-state index in [2.05, 4.69) is 25.6 Å². The number of aromatic amines is 1. The number of fused-ring (bicyclic) bond motifs is 1. The van der Waals surface area contributed by atoms with E-state index in [0.717, 1.165) is 31.9 Å². The van der Waals surface area contributed by atoms with E-state index < -0.39 is 11.6 Å². The number of nitrogens with one attached hydrogen (secondary N) is 3. The lowest BCUT2D eigenvalue weighted by molar-refractivity contribution is -0.108. The van der Waals surface area contributed by atoms with Crippen molar-refractivity contribution in [3.8, 4) is 5.75 Å². The molecule has 1 fully saturated rings. The molecule has 0 spiro atoms. The zero-order valence-corrected chi connectivity index (χ0v) is 18.2. The molecule has 174 valence electrons. The highest BCUT2D eigenvalue weighted by molar-refractivity contribution is 5.82. The standard InChI is InChI=1S/C23H21FN6O4/c1-33-20-10-14(5-7-18(20)30(12-31)15-3-2-4-15)27-22-25-11-16(24)21(29-22)26-13-6-8-19-17(9-13)28-23(32)34-19/h5-12,15H,2-4H2,1H3,(H,28,32)(H2,25,26,27,29). The second-order valence-corrected chi connectivity index (χ2v) is 7.85. The summed E-state index contributed by atoms with van der Waals surface area (Å²) in [5.74, 6) is -0.600. The van der Waals surface area contributed by atoms with Crippen LogP contribution in [0.1, 0.15) is 19.3 Å². The van der Waals surface area contributed by atoms with Crippen LogP contribution in [0.4, 0.5) is 33.2 Å². The van der Waals surface area contributed by atoms with E-state index in [1.54, 1.807) is 41.3 Å². The summed E-state index contributed by atoms with van der Waals surface area (Å²) in [7, 11) is 1.53. The largest absolute Gasteiger partial charge is 0.494 e. The lowest BCUT2D eigenvalue weighted by Gasteiger charge is -2.35. The van der Waals surface area contributed by atoms with Crippen LogP contribution in [0.2, 0.25) is 0 Å². The number of ether oxygens (including phenoxy) is 1. The van der Waals surface area contributed by atoms with Gasteiger partial charge in [-0.05, 0) is 49.6 Å². The Morgan fingerprint density at radius 2 is 2.00 bits per heavy atom. The fourth-order valence-electron chi connectivity index (χ4n) is 3.78. The summed E-state index contributed by atoms with van der Waals surface area (Å²) < 4.78 is 24.8. The summed E-state index contributed by atoms with van der Waals surface area (Å²) in [5, 5.41) is 5.91. The molecule has 0 bridgehead atoms. The highest BCUT2D eigenvalue weighted by Crippen LogP contribution is 2.36. The van der Waals surface area contributed by atoms with Crippen LogP contribution in [0.5, 0.6) is 5.75 Å². The van der Waals surface area contributed by atoms with E-state index in [0.29, 0.717) is 33.9 Å². The van der Waals surface area contributed by atoms with Gasteiger partial charge in [-0.3, -0.25) is 9.78 Å². The van der Waals surface area contributed by atoms with Gasteiger partial charge in [0.05, 0.1) is 24.5 Å². The minimum Gasteiger partial charge on any atom is -0.494 e. The number of benzene rings is 2. The van der Waals surface area contributed by atoms with Crippen LogP contribution in [-0.2, 0) is 4.79 Å². The Morgan fingerprint density at radius 1 is 1.21 bits per heavy atom. The van der Waals surface area contributed by atoms with Crippen LogP contribution >= 0.6 is 0 Å². The lowest BCUT2D eigenvalue weighted by atomic mass is 9.91. The summed E-state index contributed by atoms with van der Waals surface area (Å²) in [6.45, 7) is 0. The van der Waals surface area contributed by atoms with E-state index in [9.17, 15) is 14.0 Å². The minimum atomic E-state index is -0.651. The van der Waals surface area contributed by atoms with Gasteiger partial charge in [0.1, 0.15) is 5.75 Å². The molecule has 10 nitrogen and oxygen atoms in total. The first-order valence-electron chi connectivity index (χ1n) is 10.6. The number of carbonyl (C=O) groups excluding carboxylic acids is 1. The molecule has 0 unspecified atom stereocenters. The zero-order chi connectivity index (χ0) is 23.7. The van der Waals surface area contributed by atoms with E-state index in [4.69, 9.17) is 9.15 Å². The van der Waals surface area contributed by atoms with Gasteiger partial charge in [-0.2, -0.15) is 4.98 Å². The average molecular weight is 464 g/mol. The molecular weight excluding hydrogens is 443 g/mol. The zero-order valence-electron chi connectivity index (χ0n) is 18.2. The third-order valence-corrected chi connectivity index (χ3v) is 5.72. The number of oxazole rings is 1. The molecular formula is C23H21FN6O4. The number of carbonyl (C=O) groups is 1. The van der Waals surface area contributed by atoms with Crippen molar-refractivity contribution in [1.29, 1.82) is 0 Å². The predicted octanol–water partition coefficient (Wildman–Crippen LogP) is 4.06. The van der Waals surface area contributed by atoms with E-state index in [1.165, 1.54) is 7.11 Å². The number of H-pyrrole nitrogens is 1. The first-order valence-corrected chi connectivity index (χ1v) is 10.6. The molecule has 1 amide bonds. The van der Waals surface area contributed by atoms with Crippen molar-refractivity contribution in [2.24, 2.45) is 0 Å². The Balaban J connectivity index is 1.37. The van der Waals surface area contributed by atoms with E-state index >= 15 is 0 Å². The van der Waals surface area contributed by atoms with E-state index in [1.807, 2.05) is 0 Å². The number of amides is 1. The maximum absolute atomic E-state index is 14.4. The fraction of sp³-hybridized carbons (Fsp3) is 0.217. The maximum atomic E-state index is 14.4. The number of aromatic nitrogens is 3. The summed E-state index contributed by atoms with van der Waals surface area (Å²) >= 11 is 0. The number of nitrogens with zero attached hydrogens (tertiary/aromatic N) is 3. The third kappa shape index (κ3) is 4.15. The van der Waals surface area contributed by atoms with Crippen molar-refractivity contribution >= 4 is 46.3 Å². The number of methoxy groups -OCH3 is 1. The molecule has 1 aliphatic carbocycles. The molecule has 3 N–H and O–H groups in total. The lowest BCUT2D eigenvalue weighted by Crippen LogP contribution is -2.39. The fourth-order valence-corrected chi connectivity index (χ4v) is 3.78. The summed E-state index contributed by atoms with van der Waals surface area (Å²) in [6.07, 6.45) is 4.90. The Bertz CT molecular complexity index is 1410. The van der Waals surface area contributed by atoms with Crippen molar-refractivity contribution in [2.75, 3.05) is 22.6 Å². The van der Waals surface area contributed by atoms with Crippen LogP contribution in [0.25, 0.3) is 11.1 Å². The molecule has 34 heavy (non-hydrogen) atoms. The molecule has 4 aromatic rings. The molecule has 0 aliphatic heterocycles. The van der Waals surface area contributed by atoms with Gasteiger partial charge in [0.15, 0.2) is 17.2 Å². The van der Waals surface area contributed by atoms with Crippen LogP contribution < -0.4 is 26.0 Å². The highest BCUT2D eigenvalue weighted by Gasteiger charge is 2.27. The Morgan fingerprint density at radius 3 is 2.74 bits per heavy atom. The number of anilines is 5. The van der Waals surface area contributed by atoms with Crippen molar-refractivity contribution in [3.05, 3.63) is 59.0 Å². The van der Waals surface area contributed by atoms with Gasteiger partial charge in [-0.15, -0.1) is 0 Å². The van der Waals surface area contributed by atoms with E-state index in [-0.39, 0.29) is 17.8 Å². The quantitative estimate of drug-likeness (QED) is 0.333. The molecule has 1 aliphatic rings. The van der Waals surface area contributed by atoms with Crippen LogP contribution in [0.3, 0.4) is 0 Å². The number of hydrogen-bond donors (Lipinski definition) is 3. The second kappa shape index (κ2) is 8.85. The average Bonchev–Trinajstić information content (AvgIpc) is 3.17. The number of hydrogen-bond acceptors (Lipinski definition) is 8. The normalized spacial score (nSPS) is 13.4. The summed E-state index contributed by atoms with van der Waals surface area (Å²) in [5.41, 5.74) is 2.66. The second-order valence-electron chi connectivity index (χ2n) is 7.85. The van der Waals surface area contributed by atoms with Crippen molar-refractivity contribution in [1.82, 2.24) is 15.0 Å². The first-order chi connectivity index (χ1) is 16.5. The minimum absolute atomic E-state index is 0.0524. The van der Waals surface area contributed by atoms with Gasteiger partial charge >= 0.3 is 5.76 Å². The molecule has 1 saturated carbocycles. The molecule has 2 aromatic carbocycles. The first kappa shape index (κ1) is 21.4. The van der Waals surface area contributed by atoms with Crippen LogP contribution in [0.15, 0.2) is 51.8 Å². The van der Waals surface area contributed by atoms with Crippen molar-refractivity contribution in [3.63, 3.8) is 0 Å². The van der Waals surface area contributed by atoms with Crippen molar-refractivity contribution < 1.29 is 18.3 Å². The molecule has 0 atom stereocenters. The topological polar surface area (TPSA) is 125 Å². The van der Waals surface area contributed by atoms with Crippen LogP contribution in [-0.4, -0.2) is 34.5 Å².